The van der Waals surface area contributed by atoms with Crippen molar-refractivity contribution in [3.05, 3.63) is 11.6 Å². The van der Waals surface area contributed by atoms with Crippen molar-refractivity contribution >= 4 is 36.4 Å². The fourth-order valence-corrected chi connectivity index (χ4v) is 2.69. The van der Waals surface area contributed by atoms with Gasteiger partial charge in [0.15, 0.2) is 0 Å². The summed E-state index contributed by atoms with van der Waals surface area (Å²) in [6, 6.07) is -1.38. The number of carboxylic acids is 2. The van der Waals surface area contributed by atoms with Crippen molar-refractivity contribution in [1.82, 2.24) is 9.99 Å². The molecule has 0 radical (unpaired) electrons. The smallest absolute Gasteiger partial charge is 0.325 e. The summed E-state index contributed by atoms with van der Waals surface area (Å²) >= 11 is 3.98. The van der Waals surface area contributed by atoms with Crippen LogP contribution in [0.4, 0.5) is 0 Å². The molecular weight excluding hydrogens is 408 g/mol. The van der Waals surface area contributed by atoms with Crippen LogP contribution >= 0.6 is 12.6 Å². The van der Waals surface area contributed by atoms with Gasteiger partial charge in [-0.15, -0.1) is 0 Å². The van der Waals surface area contributed by atoms with Crippen molar-refractivity contribution in [2.45, 2.75) is 38.3 Å². The first-order valence-corrected chi connectivity index (χ1v) is 9.21. The average Bonchev–Trinajstić information content (AvgIpc) is 2.94. The number of nitrogens with zero attached hydrogens (tertiary/aromatic N) is 2. The SMILES string of the molecule is CCc1cc(O)n(N(CC(=O)O)C(=O)[C@@H](CS)NC(=O)CCC(N)C(=O)O)c1O. The van der Waals surface area contributed by atoms with Crippen molar-refractivity contribution in [2.75, 3.05) is 17.3 Å². The number of aromatic hydroxyl groups is 2. The zero-order chi connectivity index (χ0) is 22.3. The highest BCUT2D eigenvalue weighted by atomic mass is 32.1. The molecule has 12 nitrogen and oxygen atoms in total. The number of aromatic nitrogens is 1. The first-order chi connectivity index (χ1) is 13.5. The van der Waals surface area contributed by atoms with Crippen molar-refractivity contribution in [2.24, 2.45) is 5.73 Å². The van der Waals surface area contributed by atoms with E-state index in [1.807, 2.05) is 0 Å². The predicted octanol–water partition coefficient (Wildman–Crippen LogP) is -1.38. The van der Waals surface area contributed by atoms with E-state index in [1.54, 1.807) is 6.92 Å². The van der Waals surface area contributed by atoms with Gasteiger partial charge in [-0.1, -0.05) is 6.92 Å². The Hall–Kier alpha value is -2.93. The summed E-state index contributed by atoms with van der Waals surface area (Å²) in [5.74, 6) is -5.67. The van der Waals surface area contributed by atoms with Crippen LogP contribution in [0.5, 0.6) is 11.8 Å². The summed E-state index contributed by atoms with van der Waals surface area (Å²) in [6.07, 6.45) is -0.158. The largest absolute Gasteiger partial charge is 0.493 e. The van der Waals surface area contributed by atoms with Crippen molar-refractivity contribution in [1.29, 1.82) is 0 Å². The van der Waals surface area contributed by atoms with Crippen LogP contribution in [-0.2, 0) is 25.6 Å². The highest BCUT2D eigenvalue weighted by molar-refractivity contribution is 7.80. The number of aliphatic carboxylic acids is 2. The van der Waals surface area contributed by atoms with Crippen LogP contribution < -0.4 is 16.1 Å². The highest BCUT2D eigenvalue weighted by Crippen LogP contribution is 2.28. The molecule has 7 N–H and O–H groups in total. The monoisotopic (exact) mass is 432 g/mol. The van der Waals surface area contributed by atoms with E-state index in [4.69, 9.17) is 15.9 Å². The number of nitrogens with one attached hydrogen (secondary N) is 1. The van der Waals surface area contributed by atoms with Gasteiger partial charge >= 0.3 is 11.9 Å². The molecule has 0 aliphatic carbocycles. The summed E-state index contributed by atoms with van der Waals surface area (Å²) in [7, 11) is 0. The van der Waals surface area contributed by atoms with Gasteiger partial charge in [-0.05, 0) is 12.8 Å². The molecule has 1 aromatic heterocycles. The Balaban J connectivity index is 3.05. The third-order valence-corrected chi connectivity index (χ3v) is 4.35. The summed E-state index contributed by atoms with van der Waals surface area (Å²) in [5.41, 5.74) is 5.60. The van der Waals surface area contributed by atoms with Crippen LogP contribution in [0.2, 0.25) is 0 Å². The second kappa shape index (κ2) is 10.6. The van der Waals surface area contributed by atoms with Gasteiger partial charge in [0, 0.05) is 23.8 Å². The maximum Gasteiger partial charge on any atom is 0.325 e. The Morgan fingerprint density at radius 1 is 1.28 bits per heavy atom. The lowest BCUT2D eigenvalue weighted by Gasteiger charge is -2.27. The number of amides is 2. The molecule has 2 atom stereocenters. The molecule has 1 rings (SSSR count). The average molecular weight is 432 g/mol. The number of carboxylic acid groups (broad SMARTS) is 2. The topological polar surface area (TPSA) is 195 Å². The van der Waals surface area contributed by atoms with E-state index in [-0.39, 0.29) is 24.2 Å². The minimum atomic E-state index is -1.43. The molecule has 0 bridgehead atoms. The Labute approximate surface area is 171 Å². The maximum absolute atomic E-state index is 12.8. The molecule has 0 fully saturated rings. The molecule has 13 heteroatoms. The van der Waals surface area contributed by atoms with Gasteiger partial charge in [0.05, 0.1) is 0 Å². The molecule has 2 amide bonds. The number of hydrogen-bond acceptors (Lipinski definition) is 8. The highest BCUT2D eigenvalue weighted by Gasteiger charge is 2.31. The molecule has 0 saturated carbocycles. The first kappa shape index (κ1) is 24.1. The third kappa shape index (κ3) is 6.29. The molecular formula is C16H24N4O8S. The molecule has 29 heavy (non-hydrogen) atoms. The van der Waals surface area contributed by atoms with Crippen LogP contribution in [-0.4, -0.2) is 73.2 Å². The molecule has 0 aliphatic heterocycles. The molecule has 0 saturated heterocycles. The summed E-state index contributed by atoms with van der Waals surface area (Å²) in [4.78, 5) is 46.8. The molecule has 0 spiro atoms. The lowest BCUT2D eigenvalue weighted by atomic mass is 10.1. The number of hydrogen-bond donors (Lipinski definition) is 7. The number of carbonyl (C=O) groups is 4. The van der Waals surface area contributed by atoms with Gasteiger partial charge in [-0.3, -0.25) is 19.2 Å². The normalized spacial score (nSPS) is 12.8. The van der Waals surface area contributed by atoms with Crippen LogP contribution in [0.3, 0.4) is 0 Å². The maximum atomic E-state index is 12.8. The van der Waals surface area contributed by atoms with Crippen LogP contribution in [0, 0.1) is 0 Å². The van der Waals surface area contributed by atoms with E-state index in [9.17, 15) is 29.4 Å². The molecule has 1 heterocycles. The number of nitrogens with two attached hydrogens (primary N) is 1. The van der Waals surface area contributed by atoms with E-state index in [1.165, 1.54) is 6.07 Å². The zero-order valence-electron chi connectivity index (χ0n) is 15.6. The second-order valence-electron chi connectivity index (χ2n) is 6.09. The zero-order valence-corrected chi connectivity index (χ0v) is 16.5. The van der Waals surface area contributed by atoms with Crippen molar-refractivity contribution < 1.29 is 39.6 Å². The summed E-state index contributed by atoms with van der Waals surface area (Å²) in [5, 5.41) is 41.0. The minimum Gasteiger partial charge on any atom is -0.493 e. The van der Waals surface area contributed by atoms with Crippen LogP contribution in [0.15, 0.2) is 6.07 Å². The van der Waals surface area contributed by atoms with Gasteiger partial charge in [-0.2, -0.15) is 17.3 Å². The number of thiol groups is 1. The summed E-state index contributed by atoms with van der Waals surface area (Å²) in [6.45, 7) is 0.766. The summed E-state index contributed by atoms with van der Waals surface area (Å²) < 4.78 is 0.637. The molecule has 1 unspecified atom stereocenters. The Morgan fingerprint density at radius 3 is 2.34 bits per heavy atom. The van der Waals surface area contributed by atoms with E-state index in [2.05, 4.69) is 17.9 Å². The minimum absolute atomic E-state index is 0.174. The van der Waals surface area contributed by atoms with E-state index >= 15 is 0 Å². The number of rotatable bonds is 11. The van der Waals surface area contributed by atoms with E-state index < -0.39 is 54.1 Å². The lowest BCUT2D eigenvalue weighted by Crippen LogP contribution is -2.55. The van der Waals surface area contributed by atoms with Gasteiger partial charge in [0.2, 0.25) is 17.7 Å². The molecule has 0 aromatic carbocycles. The van der Waals surface area contributed by atoms with Gasteiger partial charge < -0.3 is 31.5 Å². The van der Waals surface area contributed by atoms with Gasteiger partial charge in [0.1, 0.15) is 18.6 Å². The fraction of sp³-hybridized carbons (Fsp3) is 0.500. The van der Waals surface area contributed by atoms with E-state index in [0.29, 0.717) is 16.1 Å². The van der Waals surface area contributed by atoms with Crippen LogP contribution in [0.25, 0.3) is 0 Å². The molecule has 1 aromatic rings. The Morgan fingerprint density at radius 2 is 1.90 bits per heavy atom. The van der Waals surface area contributed by atoms with Crippen molar-refractivity contribution in [3.63, 3.8) is 0 Å². The van der Waals surface area contributed by atoms with Crippen molar-refractivity contribution in [3.8, 4) is 11.8 Å². The first-order valence-electron chi connectivity index (χ1n) is 8.58. The van der Waals surface area contributed by atoms with E-state index in [0.717, 1.165) is 0 Å². The number of carbonyl (C=O) groups excluding carboxylic acids is 2. The standard InChI is InChI=1S/C16H24N4O8S/c1-2-8-5-12(22)20(14(8)25)19(6-13(23)24)15(26)10(7-29)18-11(21)4-3-9(17)16(27)28/h5,9-10,22,25,29H,2-4,6-7,17H2,1H3,(H,18,21)(H,23,24)(H,27,28)/t9?,10-/m1/s1. The van der Waals surface area contributed by atoms with Gasteiger partial charge in [0.25, 0.3) is 5.91 Å². The van der Waals surface area contributed by atoms with Gasteiger partial charge in [-0.25, -0.2) is 5.01 Å². The molecule has 0 aliphatic rings. The molecule has 162 valence electrons. The fourth-order valence-electron chi connectivity index (χ4n) is 2.44. The second-order valence-corrected chi connectivity index (χ2v) is 6.46. The number of aryl methyl sites for hydroxylation is 1. The lowest BCUT2D eigenvalue weighted by molar-refractivity contribution is -0.139. The third-order valence-electron chi connectivity index (χ3n) is 3.99. The Bertz CT molecular complexity index is 781. The quantitative estimate of drug-likeness (QED) is 0.206. The van der Waals surface area contributed by atoms with Crippen LogP contribution in [0.1, 0.15) is 25.3 Å². The predicted molar refractivity (Wildman–Crippen MR) is 103 cm³/mol. The Kier molecular flexibility index (Phi) is 8.79.